The summed E-state index contributed by atoms with van der Waals surface area (Å²) < 4.78 is 28.3. The molecule has 3 aromatic carbocycles. The Balaban J connectivity index is 1.50. The molecule has 9 heteroatoms. The predicted molar refractivity (Wildman–Crippen MR) is 118 cm³/mol. The molecule has 0 aliphatic heterocycles. The van der Waals surface area contributed by atoms with Gasteiger partial charge < -0.3 is 10.1 Å². The summed E-state index contributed by atoms with van der Waals surface area (Å²) in [7, 11) is -3.52. The minimum Gasteiger partial charge on any atom is -0.452 e. The van der Waals surface area contributed by atoms with Crippen LogP contribution in [-0.2, 0) is 19.4 Å². The minimum absolute atomic E-state index is 0.0276. The van der Waals surface area contributed by atoms with Gasteiger partial charge in [-0.2, -0.15) is 0 Å². The zero-order valence-electron chi connectivity index (χ0n) is 17.3. The van der Waals surface area contributed by atoms with E-state index >= 15 is 0 Å². The summed E-state index contributed by atoms with van der Waals surface area (Å²) in [6.07, 6.45) is 1.01. The van der Waals surface area contributed by atoms with E-state index in [9.17, 15) is 27.6 Å². The zero-order chi connectivity index (χ0) is 23.8. The molecule has 3 aromatic rings. The van der Waals surface area contributed by atoms with Gasteiger partial charge >= 0.3 is 5.97 Å². The molecule has 0 fully saturated rings. The van der Waals surface area contributed by atoms with Crippen molar-refractivity contribution in [2.75, 3.05) is 18.2 Å². The summed E-state index contributed by atoms with van der Waals surface area (Å²) in [5.41, 5.74) is 0.881. The lowest BCUT2D eigenvalue weighted by Crippen LogP contribution is -2.26. The number of anilines is 1. The Morgan fingerprint density at radius 3 is 2.18 bits per heavy atom. The van der Waals surface area contributed by atoms with E-state index in [2.05, 4.69) is 5.32 Å². The van der Waals surface area contributed by atoms with Crippen molar-refractivity contribution in [2.24, 2.45) is 0 Å². The molecule has 0 bridgehead atoms. The molecule has 0 aromatic heterocycles. The highest BCUT2D eigenvalue weighted by atomic mass is 32.2. The molecule has 0 spiro atoms. The Hall–Kier alpha value is -4.11. The second-order valence-corrected chi connectivity index (χ2v) is 9.37. The Morgan fingerprint density at radius 2 is 1.48 bits per heavy atom. The van der Waals surface area contributed by atoms with Crippen LogP contribution < -0.4 is 5.32 Å². The second-order valence-electron chi connectivity index (χ2n) is 7.36. The van der Waals surface area contributed by atoms with Crippen LogP contribution in [0.25, 0.3) is 0 Å². The van der Waals surface area contributed by atoms with Gasteiger partial charge in [0.2, 0.25) is 0 Å². The summed E-state index contributed by atoms with van der Waals surface area (Å²) in [6.45, 7) is -0.676. The van der Waals surface area contributed by atoms with Crippen molar-refractivity contribution in [2.45, 2.75) is 4.90 Å². The summed E-state index contributed by atoms with van der Waals surface area (Å²) >= 11 is 0. The lowest BCUT2D eigenvalue weighted by molar-refractivity contribution is -0.119. The smallest absolute Gasteiger partial charge is 0.338 e. The Morgan fingerprint density at radius 1 is 0.848 bits per heavy atom. The third kappa shape index (κ3) is 4.31. The lowest BCUT2D eigenvalue weighted by Gasteiger charge is -2.20. The highest BCUT2D eigenvalue weighted by Crippen LogP contribution is 2.31. The van der Waals surface area contributed by atoms with Gasteiger partial charge in [0.05, 0.1) is 21.7 Å². The fourth-order valence-corrected chi connectivity index (χ4v) is 4.17. The van der Waals surface area contributed by atoms with Crippen LogP contribution in [0, 0.1) is 0 Å². The van der Waals surface area contributed by atoms with Gasteiger partial charge in [-0.1, -0.05) is 42.5 Å². The van der Waals surface area contributed by atoms with Crippen molar-refractivity contribution < 1.29 is 32.3 Å². The van der Waals surface area contributed by atoms with E-state index in [4.69, 9.17) is 4.74 Å². The monoisotopic (exact) mass is 463 g/mol. The third-order valence-electron chi connectivity index (χ3n) is 5.06. The number of ether oxygens (including phenoxy) is 1. The molecule has 0 saturated heterocycles. The van der Waals surface area contributed by atoms with Crippen molar-refractivity contribution in [3.63, 3.8) is 0 Å². The molecule has 1 N–H and O–H groups in total. The van der Waals surface area contributed by atoms with Crippen LogP contribution in [0.15, 0.2) is 71.6 Å². The van der Waals surface area contributed by atoms with Gasteiger partial charge in [-0.05, 0) is 24.3 Å². The molecule has 8 nitrogen and oxygen atoms in total. The summed E-state index contributed by atoms with van der Waals surface area (Å²) in [4.78, 5) is 50.4. The van der Waals surface area contributed by atoms with Gasteiger partial charge in [-0.25, -0.2) is 13.2 Å². The fourth-order valence-electron chi connectivity index (χ4n) is 3.50. The number of nitrogens with one attached hydrogen (secondary N) is 1. The Bertz CT molecular complexity index is 1440. The van der Waals surface area contributed by atoms with E-state index in [0.717, 1.165) is 12.3 Å². The van der Waals surface area contributed by atoms with Gasteiger partial charge in [0, 0.05) is 22.9 Å². The molecule has 1 amide bonds. The number of amides is 1. The minimum atomic E-state index is -3.52. The van der Waals surface area contributed by atoms with Gasteiger partial charge in [0.15, 0.2) is 28.0 Å². The van der Waals surface area contributed by atoms with Crippen LogP contribution in [0.5, 0.6) is 0 Å². The molecule has 0 saturated carbocycles. The molecule has 0 radical (unpaired) electrons. The number of sulfone groups is 1. The fraction of sp³-hybridized carbons (Fsp3) is 0.0833. The average molecular weight is 463 g/mol. The predicted octanol–water partition coefficient (Wildman–Crippen LogP) is 2.66. The summed E-state index contributed by atoms with van der Waals surface area (Å²) in [5.74, 6) is -2.33. The van der Waals surface area contributed by atoms with Gasteiger partial charge in [-0.15, -0.1) is 0 Å². The SMILES string of the molecule is CS(=O)(=O)c1cccc(C(=O)OCC(=O)Nc2cccc3c2C(=O)c2ccccc2C3=O)c1. The molecule has 33 heavy (non-hydrogen) atoms. The summed E-state index contributed by atoms with van der Waals surface area (Å²) in [5, 5.41) is 2.51. The zero-order valence-corrected chi connectivity index (χ0v) is 18.1. The van der Waals surface area contributed by atoms with E-state index in [-0.39, 0.29) is 38.6 Å². The van der Waals surface area contributed by atoms with Crippen molar-refractivity contribution in [3.8, 4) is 0 Å². The number of carbonyl (C=O) groups is 4. The van der Waals surface area contributed by atoms with Crippen molar-refractivity contribution in [1.29, 1.82) is 0 Å². The molecular weight excluding hydrogens is 446 g/mol. The molecule has 166 valence electrons. The van der Waals surface area contributed by atoms with Crippen molar-refractivity contribution >= 4 is 39.0 Å². The first kappa shape index (κ1) is 22.1. The van der Waals surface area contributed by atoms with E-state index in [0.29, 0.717) is 5.56 Å². The Labute approximate surface area is 189 Å². The topological polar surface area (TPSA) is 124 Å². The molecule has 4 rings (SSSR count). The maximum Gasteiger partial charge on any atom is 0.338 e. The van der Waals surface area contributed by atoms with Crippen LogP contribution in [0.3, 0.4) is 0 Å². The van der Waals surface area contributed by atoms with E-state index in [1.165, 1.54) is 36.4 Å². The van der Waals surface area contributed by atoms with Gasteiger partial charge in [0.1, 0.15) is 0 Å². The maximum absolute atomic E-state index is 13.0. The van der Waals surface area contributed by atoms with Crippen LogP contribution in [0.1, 0.15) is 42.2 Å². The number of hydrogen-bond donors (Lipinski definition) is 1. The van der Waals surface area contributed by atoms with E-state index in [1.807, 2.05) is 0 Å². The molecule has 0 unspecified atom stereocenters. The number of fused-ring (bicyclic) bond motifs is 2. The normalized spacial score (nSPS) is 12.5. The number of ketones is 2. The van der Waals surface area contributed by atoms with E-state index < -0.39 is 34.1 Å². The first-order valence-electron chi connectivity index (χ1n) is 9.75. The molecular formula is C24H17NO7S. The van der Waals surface area contributed by atoms with Gasteiger partial charge in [-0.3, -0.25) is 14.4 Å². The largest absolute Gasteiger partial charge is 0.452 e. The summed E-state index contributed by atoms with van der Waals surface area (Å²) in [6, 6.07) is 16.2. The van der Waals surface area contributed by atoms with Gasteiger partial charge in [0.25, 0.3) is 5.91 Å². The van der Waals surface area contributed by atoms with Crippen LogP contribution in [0.4, 0.5) is 5.69 Å². The Kier molecular flexibility index (Phi) is 5.65. The molecule has 1 aliphatic carbocycles. The lowest BCUT2D eigenvalue weighted by atomic mass is 9.83. The van der Waals surface area contributed by atoms with Crippen molar-refractivity contribution in [3.05, 3.63) is 94.5 Å². The highest BCUT2D eigenvalue weighted by molar-refractivity contribution is 7.90. The number of rotatable bonds is 5. The molecule has 0 atom stereocenters. The third-order valence-corrected chi connectivity index (χ3v) is 6.17. The second kappa shape index (κ2) is 8.44. The van der Waals surface area contributed by atoms with Crippen LogP contribution >= 0.6 is 0 Å². The van der Waals surface area contributed by atoms with Crippen LogP contribution in [-0.4, -0.2) is 44.7 Å². The number of carbonyl (C=O) groups excluding carboxylic acids is 4. The van der Waals surface area contributed by atoms with Crippen molar-refractivity contribution in [1.82, 2.24) is 0 Å². The molecule has 0 heterocycles. The van der Waals surface area contributed by atoms with E-state index in [1.54, 1.807) is 24.3 Å². The highest BCUT2D eigenvalue weighted by Gasteiger charge is 2.31. The maximum atomic E-state index is 13.0. The standard InChI is InChI=1S/C24H17NO7S/c1-33(30,31)15-7-4-6-14(12-15)24(29)32-13-20(26)25-19-11-5-10-18-21(19)23(28)17-9-3-2-8-16(17)22(18)27/h2-12H,13H2,1H3,(H,25,26). The number of hydrogen-bond acceptors (Lipinski definition) is 7. The average Bonchev–Trinajstić information content (AvgIpc) is 2.80. The number of benzene rings is 3. The number of esters is 1. The quantitative estimate of drug-likeness (QED) is 0.451. The first-order chi connectivity index (χ1) is 15.7. The van der Waals surface area contributed by atoms with Crippen LogP contribution in [0.2, 0.25) is 0 Å². The first-order valence-corrected chi connectivity index (χ1v) is 11.6. The molecule has 1 aliphatic rings.